The van der Waals surface area contributed by atoms with Crippen LogP contribution in [0, 0.1) is 0 Å². The molecule has 0 N–H and O–H groups in total. The fraction of sp³-hybridized carbons (Fsp3) is 0.500. The standard InChI is InChI=1S/C8H16Si/c1-5-7-9(3,4)8-6-2/h5-6H,1-2,7-8H2,3-4H3. The monoisotopic (exact) mass is 140 g/mol. The maximum absolute atomic E-state index is 3.73. The van der Waals surface area contributed by atoms with Gasteiger partial charge in [0.05, 0.1) is 8.07 Å². The topological polar surface area (TPSA) is 0 Å². The number of hydrogen-bond acceptors (Lipinski definition) is 0. The van der Waals surface area contributed by atoms with Crippen LogP contribution in [0.5, 0.6) is 0 Å². The molecule has 0 spiro atoms. The van der Waals surface area contributed by atoms with Gasteiger partial charge in [0.2, 0.25) is 0 Å². The largest absolute Gasteiger partial charge is 0.103 e. The average molecular weight is 140 g/mol. The van der Waals surface area contributed by atoms with Crippen molar-refractivity contribution in [3.63, 3.8) is 0 Å². The van der Waals surface area contributed by atoms with E-state index in [0.717, 1.165) is 0 Å². The third-order valence-electron chi connectivity index (χ3n) is 1.39. The summed E-state index contributed by atoms with van der Waals surface area (Å²) in [6.07, 6.45) is 4.05. The van der Waals surface area contributed by atoms with Crippen LogP contribution in [-0.2, 0) is 0 Å². The molecule has 0 amide bonds. The van der Waals surface area contributed by atoms with Gasteiger partial charge in [-0.3, -0.25) is 0 Å². The smallest absolute Gasteiger partial charge is 0.0548 e. The van der Waals surface area contributed by atoms with E-state index in [1.165, 1.54) is 12.1 Å². The van der Waals surface area contributed by atoms with Gasteiger partial charge >= 0.3 is 0 Å². The summed E-state index contributed by atoms with van der Waals surface area (Å²) in [5, 5.41) is 0. The third kappa shape index (κ3) is 4.22. The van der Waals surface area contributed by atoms with Crippen molar-refractivity contribution in [2.24, 2.45) is 0 Å². The van der Waals surface area contributed by atoms with E-state index in [0.29, 0.717) is 0 Å². The van der Waals surface area contributed by atoms with Gasteiger partial charge in [0.25, 0.3) is 0 Å². The Balaban J connectivity index is 3.68. The Bertz CT molecular complexity index is 91.1. The Morgan fingerprint density at radius 2 is 1.44 bits per heavy atom. The summed E-state index contributed by atoms with van der Waals surface area (Å²) in [6, 6.07) is 2.41. The highest BCUT2D eigenvalue weighted by atomic mass is 28.3. The summed E-state index contributed by atoms with van der Waals surface area (Å²) in [5.74, 6) is 0. The molecule has 0 aliphatic rings. The predicted molar refractivity (Wildman–Crippen MR) is 47.5 cm³/mol. The van der Waals surface area contributed by atoms with Crippen LogP contribution in [0.2, 0.25) is 25.2 Å². The second-order valence-corrected chi connectivity index (χ2v) is 8.29. The van der Waals surface area contributed by atoms with Gasteiger partial charge < -0.3 is 0 Å². The molecular formula is C8H16Si. The highest BCUT2D eigenvalue weighted by molar-refractivity contribution is 6.78. The molecule has 0 aromatic rings. The summed E-state index contributed by atoms with van der Waals surface area (Å²) in [4.78, 5) is 0. The van der Waals surface area contributed by atoms with Gasteiger partial charge in [-0.15, -0.1) is 13.2 Å². The molecule has 0 atom stereocenters. The van der Waals surface area contributed by atoms with E-state index in [-0.39, 0.29) is 0 Å². The molecule has 0 aliphatic heterocycles. The summed E-state index contributed by atoms with van der Waals surface area (Å²) in [5.41, 5.74) is 0. The molecule has 0 radical (unpaired) electrons. The Kier molecular flexibility index (Phi) is 3.55. The summed E-state index contributed by atoms with van der Waals surface area (Å²) < 4.78 is 0. The van der Waals surface area contributed by atoms with Crippen molar-refractivity contribution in [1.29, 1.82) is 0 Å². The Morgan fingerprint density at radius 1 is 1.11 bits per heavy atom. The molecule has 0 unspecified atom stereocenters. The molecule has 0 heterocycles. The molecule has 0 aliphatic carbocycles. The van der Waals surface area contributed by atoms with Crippen LogP contribution in [0.3, 0.4) is 0 Å². The molecule has 0 rings (SSSR count). The van der Waals surface area contributed by atoms with Crippen LogP contribution in [0.25, 0.3) is 0 Å². The Morgan fingerprint density at radius 3 is 1.67 bits per heavy atom. The van der Waals surface area contributed by atoms with Crippen molar-refractivity contribution in [2.45, 2.75) is 25.2 Å². The lowest BCUT2D eigenvalue weighted by atomic mass is 10.7. The molecule has 0 saturated carbocycles. The minimum absolute atomic E-state index is 0.939. The lowest BCUT2D eigenvalue weighted by molar-refractivity contribution is 1.43. The van der Waals surface area contributed by atoms with Gasteiger partial charge in [-0.2, -0.15) is 0 Å². The zero-order valence-corrected chi connectivity index (χ0v) is 7.48. The second-order valence-electron chi connectivity index (χ2n) is 3.15. The van der Waals surface area contributed by atoms with Gasteiger partial charge in [-0.05, 0) is 12.1 Å². The van der Waals surface area contributed by atoms with Crippen molar-refractivity contribution >= 4 is 8.07 Å². The average Bonchev–Trinajstić information content (AvgIpc) is 1.64. The lowest BCUT2D eigenvalue weighted by Gasteiger charge is -2.16. The molecule has 0 aromatic carbocycles. The zero-order valence-electron chi connectivity index (χ0n) is 6.48. The zero-order chi connectivity index (χ0) is 7.33. The molecular weight excluding hydrogens is 124 g/mol. The maximum Gasteiger partial charge on any atom is 0.0548 e. The van der Waals surface area contributed by atoms with E-state index >= 15 is 0 Å². The quantitative estimate of drug-likeness (QED) is 0.416. The van der Waals surface area contributed by atoms with Crippen molar-refractivity contribution in [1.82, 2.24) is 0 Å². The van der Waals surface area contributed by atoms with Crippen molar-refractivity contribution in [3.05, 3.63) is 25.3 Å². The lowest BCUT2D eigenvalue weighted by Crippen LogP contribution is -2.22. The molecule has 0 saturated heterocycles. The molecule has 0 bridgehead atoms. The molecule has 9 heavy (non-hydrogen) atoms. The van der Waals surface area contributed by atoms with Gasteiger partial charge in [0.1, 0.15) is 0 Å². The minimum Gasteiger partial charge on any atom is -0.103 e. The number of hydrogen-bond donors (Lipinski definition) is 0. The molecule has 0 nitrogen and oxygen atoms in total. The third-order valence-corrected chi connectivity index (χ3v) is 4.18. The van der Waals surface area contributed by atoms with Crippen LogP contribution in [0.1, 0.15) is 0 Å². The van der Waals surface area contributed by atoms with Crippen LogP contribution < -0.4 is 0 Å². The van der Waals surface area contributed by atoms with Gasteiger partial charge in [0.15, 0.2) is 0 Å². The van der Waals surface area contributed by atoms with E-state index in [1.54, 1.807) is 0 Å². The maximum atomic E-state index is 3.73. The van der Waals surface area contributed by atoms with Crippen molar-refractivity contribution in [3.8, 4) is 0 Å². The van der Waals surface area contributed by atoms with E-state index in [4.69, 9.17) is 0 Å². The van der Waals surface area contributed by atoms with Crippen LogP contribution in [0.15, 0.2) is 25.3 Å². The highest BCUT2D eigenvalue weighted by Crippen LogP contribution is 2.14. The summed E-state index contributed by atoms with van der Waals surface area (Å²) >= 11 is 0. The summed E-state index contributed by atoms with van der Waals surface area (Å²) in [6.45, 7) is 12.2. The van der Waals surface area contributed by atoms with Crippen LogP contribution in [-0.4, -0.2) is 8.07 Å². The first-order chi connectivity index (χ1) is 4.12. The van der Waals surface area contributed by atoms with E-state index in [1.807, 2.05) is 12.2 Å². The predicted octanol–water partition coefficient (Wildman–Crippen LogP) is 3.07. The first-order valence-electron chi connectivity index (χ1n) is 3.34. The fourth-order valence-corrected chi connectivity index (χ4v) is 2.59. The van der Waals surface area contributed by atoms with Crippen LogP contribution in [0.4, 0.5) is 0 Å². The van der Waals surface area contributed by atoms with Gasteiger partial charge in [-0.25, -0.2) is 0 Å². The molecule has 1 heteroatoms. The fourth-order valence-electron chi connectivity index (χ4n) is 0.865. The van der Waals surface area contributed by atoms with Crippen LogP contribution >= 0.6 is 0 Å². The normalized spacial score (nSPS) is 10.9. The Labute approximate surface area is 59.3 Å². The van der Waals surface area contributed by atoms with E-state index < -0.39 is 8.07 Å². The second kappa shape index (κ2) is 3.67. The van der Waals surface area contributed by atoms with Crippen molar-refractivity contribution in [2.75, 3.05) is 0 Å². The first kappa shape index (κ1) is 8.70. The van der Waals surface area contributed by atoms with E-state index in [2.05, 4.69) is 26.3 Å². The summed E-state index contributed by atoms with van der Waals surface area (Å²) in [7, 11) is -0.939. The van der Waals surface area contributed by atoms with Gasteiger partial charge in [0, 0.05) is 0 Å². The minimum atomic E-state index is -0.939. The SMILES string of the molecule is C=CC[Si](C)(C)CC=C. The molecule has 0 fully saturated rings. The Hall–Kier alpha value is -0.303. The molecule has 0 aromatic heterocycles. The number of allylic oxidation sites excluding steroid dienone is 2. The van der Waals surface area contributed by atoms with Gasteiger partial charge in [-0.1, -0.05) is 25.2 Å². The first-order valence-corrected chi connectivity index (χ1v) is 6.75. The van der Waals surface area contributed by atoms with Crippen molar-refractivity contribution < 1.29 is 0 Å². The molecule has 52 valence electrons. The number of rotatable bonds is 4. The van der Waals surface area contributed by atoms with E-state index in [9.17, 15) is 0 Å². The highest BCUT2D eigenvalue weighted by Gasteiger charge is 2.15.